The van der Waals surface area contributed by atoms with Crippen LogP contribution in [0.4, 0.5) is 0 Å². The molecule has 4 heteroatoms. The number of carbonyl (C=O) groups excluding carboxylic acids is 1. The Morgan fingerprint density at radius 1 is 1.26 bits per heavy atom. The molecule has 1 aliphatic carbocycles. The van der Waals surface area contributed by atoms with Gasteiger partial charge in [-0.2, -0.15) is 0 Å². The fraction of sp³-hybridized carbons (Fsp3) is 0.632. The zero-order valence-corrected chi connectivity index (χ0v) is 14.0. The molecular formula is C19H27NO3. The first-order valence-electron chi connectivity index (χ1n) is 8.82. The fourth-order valence-corrected chi connectivity index (χ4v) is 3.87. The molecule has 1 aromatic rings. The Hall–Kier alpha value is -1.55. The van der Waals surface area contributed by atoms with Crippen molar-refractivity contribution in [3.8, 4) is 5.75 Å². The first kappa shape index (κ1) is 16.3. The van der Waals surface area contributed by atoms with E-state index in [2.05, 4.69) is 4.90 Å². The number of likely N-dealkylation sites (tertiary alicyclic amines) is 1. The maximum atomic E-state index is 12.2. The van der Waals surface area contributed by atoms with E-state index in [1.54, 1.807) is 0 Å². The molecule has 1 heterocycles. The van der Waals surface area contributed by atoms with E-state index in [9.17, 15) is 9.90 Å². The van der Waals surface area contributed by atoms with Crippen molar-refractivity contribution >= 4 is 5.97 Å². The van der Waals surface area contributed by atoms with Gasteiger partial charge < -0.3 is 14.7 Å². The van der Waals surface area contributed by atoms with Gasteiger partial charge in [0, 0.05) is 18.7 Å². The molecule has 3 rings (SSSR count). The van der Waals surface area contributed by atoms with Crippen LogP contribution in [0, 0.1) is 0 Å². The van der Waals surface area contributed by atoms with Gasteiger partial charge in [0.1, 0.15) is 11.9 Å². The summed E-state index contributed by atoms with van der Waals surface area (Å²) in [5.41, 5.74) is 1.71. The first-order valence-corrected chi connectivity index (χ1v) is 8.82. The van der Waals surface area contributed by atoms with E-state index in [1.165, 1.54) is 19.3 Å². The Balaban J connectivity index is 1.64. The Morgan fingerprint density at radius 3 is 2.74 bits per heavy atom. The summed E-state index contributed by atoms with van der Waals surface area (Å²) in [7, 11) is 2.04. The Kier molecular flexibility index (Phi) is 5.21. The summed E-state index contributed by atoms with van der Waals surface area (Å²) < 4.78 is 5.53. The molecule has 0 aromatic heterocycles. The van der Waals surface area contributed by atoms with Crippen molar-refractivity contribution in [1.29, 1.82) is 0 Å². The molecule has 0 bridgehead atoms. The second kappa shape index (κ2) is 7.35. The van der Waals surface area contributed by atoms with Crippen molar-refractivity contribution < 1.29 is 14.6 Å². The Morgan fingerprint density at radius 2 is 2.04 bits per heavy atom. The summed E-state index contributed by atoms with van der Waals surface area (Å²) in [6.07, 6.45) is 7.07. The Bertz CT molecular complexity index is 552. The maximum absolute atomic E-state index is 12.2. The highest BCUT2D eigenvalue weighted by Crippen LogP contribution is 2.38. The molecule has 23 heavy (non-hydrogen) atoms. The number of benzene rings is 1. The summed E-state index contributed by atoms with van der Waals surface area (Å²) in [5, 5.41) is 10.6. The van der Waals surface area contributed by atoms with Crippen LogP contribution in [0.2, 0.25) is 0 Å². The highest BCUT2D eigenvalue weighted by molar-refractivity contribution is 5.74. The fourth-order valence-electron chi connectivity index (χ4n) is 3.87. The molecule has 1 aliphatic heterocycles. The molecule has 1 atom stereocenters. The van der Waals surface area contributed by atoms with Crippen molar-refractivity contribution in [3.63, 3.8) is 0 Å². The number of ether oxygens (including phenoxy) is 1. The van der Waals surface area contributed by atoms with Crippen molar-refractivity contribution in [2.24, 2.45) is 0 Å². The number of esters is 1. The summed E-state index contributed by atoms with van der Waals surface area (Å²) in [6.45, 7) is 1.78. The maximum Gasteiger partial charge on any atom is 0.310 e. The minimum atomic E-state index is -0.235. The molecule has 1 unspecified atom stereocenters. The molecule has 1 saturated carbocycles. The molecule has 1 aromatic carbocycles. The third-order valence-corrected chi connectivity index (χ3v) is 5.18. The van der Waals surface area contributed by atoms with Gasteiger partial charge >= 0.3 is 5.97 Å². The van der Waals surface area contributed by atoms with Crippen LogP contribution in [0.15, 0.2) is 18.2 Å². The molecule has 1 saturated heterocycles. The number of likely N-dealkylation sites (N-methyl/N-ethyl adjacent to an activating group) is 1. The van der Waals surface area contributed by atoms with Crippen LogP contribution in [0.25, 0.3) is 0 Å². The number of rotatable bonds is 4. The van der Waals surface area contributed by atoms with E-state index in [4.69, 9.17) is 4.74 Å². The third-order valence-electron chi connectivity index (χ3n) is 5.18. The number of carbonyl (C=O) groups is 1. The standard InChI is InChI=1S/C19H27NO3/c1-20-11-10-16(13-20)23-18(21)12-15-8-5-9-17(19(15)22)14-6-3-2-4-7-14/h5,8-9,14,16,22H,2-4,6-7,10-13H2,1H3. The van der Waals surface area contributed by atoms with Crippen LogP contribution in [-0.4, -0.2) is 42.2 Å². The molecule has 0 amide bonds. The zero-order chi connectivity index (χ0) is 16.2. The second-order valence-corrected chi connectivity index (χ2v) is 7.03. The summed E-state index contributed by atoms with van der Waals surface area (Å²) in [4.78, 5) is 14.3. The highest BCUT2D eigenvalue weighted by Gasteiger charge is 2.24. The molecule has 2 aliphatic rings. The van der Waals surface area contributed by atoms with Gasteiger partial charge in [-0.3, -0.25) is 4.79 Å². The lowest BCUT2D eigenvalue weighted by Crippen LogP contribution is -2.23. The van der Waals surface area contributed by atoms with Gasteiger partial charge in [0.15, 0.2) is 0 Å². The van der Waals surface area contributed by atoms with Gasteiger partial charge in [-0.15, -0.1) is 0 Å². The van der Waals surface area contributed by atoms with Crippen molar-refractivity contribution in [2.45, 2.75) is 57.0 Å². The smallest absolute Gasteiger partial charge is 0.310 e. The zero-order valence-electron chi connectivity index (χ0n) is 14.0. The highest BCUT2D eigenvalue weighted by atomic mass is 16.5. The van der Waals surface area contributed by atoms with E-state index in [0.717, 1.165) is 37.9 Å². The largest absolute Gasteiger partial charge is 0.507 e. The van der Waals surface area contributed by atoms with Crippen LogP contribution in [0.3, 0.4) is 0 Å². The SMILES string of the molecule is CN1CCC(OC(=O)Cc2cccc(C3CCCCC3)c2O)C1. The molecule has 2 fully saturated rings. The van der Waals surface area contributed by atoms with Crippen LogP contribution in [-0.2, 0) is 16.0 Å². The van der Waals surface area contributed by atoms with E-state index < -0.39 is 0 Å². The van der Waals surface area contributed by atoms with Crippen LogP contribution in [0.5, 0.6) is 5.75 Å². The van der Waals surface area contributed by atoms with Gasteiger partial charge in [0.2, 0.25) is 0 Å². The number of hydrogen-bond acceptors (Lipinski definition) is 4. The predicted molar refractivity (Wildman–Crippen MR) is 89.6 cm³/mol. The second-order valence-electron chi connectivity index (χ2n) is 7.03. The van der Waals surface area contributed by atoms with Crippen molar-refractivity contribution in [2.75, 3.05) is 20.1 Å². The van der Waals surface area contributed by atoms with Gasteiger partial charge in [-0.1, -0.05) is 37.5 Å². The average molecular weight is 317 g/mol. The van der Waals surface area contributed by atoms with Gasteiger partial charge in [0.25, 0.3) is 0 Å². The van der Waals surface area contributed by atoms with Gasteiger partial charge in [-0.25, -0.2) is 0 Å². The summed E-state index contributed by atoms with van der Waals surface area (Å²) in [5.74, 6) is 0.504. The van der Waals surface area contributed by atoms with Crippen LogP contribution >= 0.6 is 0 Å². The lowest BCUT2D eigenvalue weighted by Gasteiger charge is -2.23. The molecule has 4 nitrogen and oxygen atoms in total. The Labute approximate surface area is 138 Å². The lowest BCUT2D eigenvalue weighted by molar-refractivity contribution is -0.147. The molecule has 126 valence electrons. The first-order chi connectivity index (χ1) is 11.1. The van der Waals surface area contributed by atoms with Gasteiger partial charge in [-0.05, 0) is 37.8 Å². The van der Waals surface area contributed by atoms with Crippen molar-refractivity contribution in [3.05, 3.63) is 29.3 Å². The van der Waals surface area contributed by atoms with Crippen LogP contribution in [0.1, 0.15) is 55.6 Å². The minimum Gasteiger partial charge on any atom is -0.507 e. The molecule has 1 N–H and O–H groups in total. The quantitative estimate of drug-likeness (QED) is 0.866. The number of para-hydroxylation sites is 1. The number of hydrogen-bond donors (Lipinski definition) is 1. The van der Waals surface area contributed by atoms with E-state index in [1.807, 2.05) is 25.2 Å². The summed E-state index contributed by atoms with van der Waals surface area (Å²) in [6, 6.07) is 5.80. The number of nitrogens with zero attached hydrogens (tertiary/aromatic N) is 1. The minimum absolute atomic E-state index is 0.00355. The van der Waals surface area contributed by atoms with Crippen molar-refractivity contribution in [1.82, 2.24) is 4.90 Å². The topological polar surface area (TPSA) is 49.8 Å². The summed E-state index contributed by atoms with van der Waals surface area (Å²) >= 11 is 0. The number of phenolic OH excluding ortho intramolecular Hbond substituents is 1. The van der Waals surface area contributed by atoms with Gasteiger partial charge in [0.05, 0.1) is 6.42 Å². The monoisotopic (exact) mass is 317 g/mol. The number of phenols is 1. The van der Waals surface area contributed by atoms with E-state index in [0.29, 0.717) is 17.2 Å². The van der Waals surface area contributed by atoms with E-state index in [-0.39, 0.29) is 18.5 Å². The normalized spacial score (nSPS) is 23.1. The van der Waals surface area contributed by atoms with Crippen LogP contribution < -0.4 is 0 Å². The lowest BCUT2D eigenvalue weighted by atomic mass is 9.83. The average Bonchev–Trinajstić information content (AvgIpc) is 2.95. The molecule has 0 radical (unpaired) electrons. The number of aromatic hydroxyl groups is 1. The third kappa shape index (κ3) is 4.05. The van der Waals surface area contributed by atoms with E-state index >= 15 is 0 Å². The molecule has 0 spiro atoms. The molecular weight excluding hydrogens is 290 g/mol. The predicted octanol–water partition coefficient (Wildman–Crippen LogP) is 3.23.